The number of nitrogens with zero attached hydrogens (tertiary/aromatic N) is 3. The first-order chi connectivity index (χ1) is 13.3. The zero-order chi connectivity index (χ0) is 19.9. The number of hydrogen-bond donors (Lipinski definition) is 1. The van der Waals surface area contributed by atoms with Gasteiger partial charge in [-0.15, -0.1) is 11.3 Å². The third-order valence-electron chi connectivity index (χ3n) is 4.47. The predicted molar refractivity (Wildman–Crippen MR) is 100 cm³/mol. The molecule has 5 nitrogen and oxygen atoms in total. The maximum absolute atomic E-state index is 12.8. The van der Waals surface area contributed by atoms with E-state index in [1.807, 2.05) is 34.1 Å². The number of nitrogens with one attached hydrogen (secondary N) is 1. The third kappa shape index (κ3) is 3.96. The van der Waals surface area contributed by atoms with Gasteiger partial charge in [-0.25, -0.2) is 4.98 Å². The van der Waals surface area contributed by atoms with E-state index in [0.29, 0.717) is 23.8 Å². The zero-order valence-electron chi connectivity index (χ0n) is 14.4. The van der Waals surface area contributed by atoms with Gasteiger partial charge in [0.15, 0.2) is 0 Å². The third-order valence-corrected chi connectivity index (χ3v) is 5.73. The van der Waals surface area contributed by atoms with Crippen molar-refractivity contribution >= 4 is 22.9 Å². The summed E-state index contributed by atoms with van der Waals surface area (Å²) in [4.78, 5) is 25.0. The summed E-state index contributed by atoms with van der Waals surface area (Å²) >= 11 is 7.39. The van der Waals surface area contributed by atoms with Crippen molar-refractivity contribution in [2.24, 2.45) is 0 Å². The predicted octanol–water partition coefficient (Wildman–Crippen LogP) is 4.12. The van der Waals surface area contributed by atoms with E-state index in [9.17, 15) is 18.0 Å². The van der Waals surface area contributed by atoms with Crippen molar-refractivity contribution in [3.63, 3.8) is 0 Å². The molecule has 146 valence electrons. The lowest BCUT2D eigenvalue weighted by molar-refractivity contribution is -0.145. The van der Waals surface area contributed by atoms with Crippen LogP contribution in [0.25, 0.3) is 10.6 Å². The Morgan fingerprint density at radius 2 is 2.07 bits per heavy atom. The first-order valence-corrected chi connectivity index (χ1v) is 9.61. The Kier molecular flexibility index (Phi) is 4.98. The van der Waals surface area contributed by atoms with Crippen molar-refractivity contribution in [1.29, 1.82) is 0 Å². The number of hydrogen-bond acceptors (Lipinski definition) is 5. The van der Waals surface area contributed by atoms with Crippen LogP contribution >= 0.6 is 22.9 Å². The Morgan fingerprint density at radius 1 is 1.25 bits per heavy atom. The average molecular weight is 427 g/mol. The molecule has 0 atom stereocenters. The summed E-state index contributed by atoms with van der Waals surface area (Å²) in [6.45, 7) is 1.31. The number of pyridine rings is 1. The van der Waals surface area contributed by atoms with Gasteiger partial charge in [-0.3, -0.25) is 14.7 Å². The minimum atomic E-state index is -4.66. The van der Waals surface area contributed by atoms with Crippen LogP contribution in [0.4, 0.5) is 13.2 Å². The molecule has 0 unspecified atom stereocenters. The fourth-order valence-electron chi connectivity index (χ4n) is 3.12. The van der Waals surface area contributed by atoms with Crippen LogP contribution < -0.4 is 5.56 Å². The first-order valence-electron chi connectivity index (χ1n) is 8.42. The van der Waals surface area contributed by atoms with Crippen LogP contribution in [0.5, 0.6) is 0 Å². The van der Waals surface area contributed by atoms with Gasteiger partial charge in [0.2, 0.25) is 5.82 Å². The Hall–Kier alpha value is -2.23. The van der Waals surface area contributed by atoms with Gasteiger partial charge in [0.1, 0.15) is 0 Å². The quantitative estimate of drug-likeness (QED) is 0.684. The molecular formula is C18H14ClF3N4OS. The molecule has 0 radical (unpaired) electrons. The van der Waals surface area contributed by atoms with Crippen LogP contribution in [0.2, 0.25) is 4.34 Å². The fraction of sp³-hybridized carbons (Fsp3) is 0.278. The van der Waals surface area contributed by atoms with Crippen LogP contribution in [-0.4, -0.2) is 26.4 Å². The van der Waals surface area contributed by atoms with E-state index in [4.69, 9.17) is 11.6 Å². The molecule has 28 heavy (non-hydrogen) atoms. The van der Waals surface area contributed by atoms with Crippen molar-refractivity contribution in [3.8, 4) is 10.6 Å². The largest absolute Gasteiger partial charge is 0.449 e. The highest BCUT2D eigenvalue weighted by Crippen LogP contribution is 2.30. The molecule has 3 aromatic rings. The average Bonchev–Trinajstić information content (AvgIpc) is 3.08. The molecule has 0 amide bonds. The monoisotopic (exact) mass is 426 g/mol. The summed E-state index contributed by atoms with van der Waals surface area (Å²) in [7, 11) is 0. The summed E-state index contributed by atoms with van der Waals surface area (Å²) in [6.07, 6.45) is -2.61. The molecule has 1 N–H and O–H groups in total. The Morgan fingerprint density at radius 3 is 2.71 bits per heavy atom. The van der Waals surface area contributed by atoms with Gasteiger partial charge in [0.25, 0.3) is 5.56 Å². The second kappa shape index (κ2) is 7.31. The lowest BCUT2D eigenvalue weighted by Crippen LogP contribution is -2.36. The number of H-pyrrole nitrogens is 1. The summed E-state index contributed by atoms with van der Waals surface area (Å²) < 4.78 is 39.1. The first kappa shape index (κ1) is 19.1. The number of aromatic nitrogens is 3. The van der Waals surface area contributed by atoms with Gasteiger partial charge in [-0.2, -0.15) is 13.2 Å². The Balaban J connectivity index is 1.49. The minimum absolute atomic E-state index is 0.218. The standard InChI is InChI=1S/C18H14ClF3N4OS/c19-15-4-3-14(28-15)13-2-1-10(7-23-13)8-26-6-5-12-11(9-26)16(27)25-17(24-12)18(20,21)22/h1-4,7H,5-6,8-9H2,(H,24,25,27). The molecule has 0 aliphatic carbocycles. The molecule has 3 aromatic heterocycles. The van der Waals surface area contributed by atoms with Gasteiger partial charge < -0.3 is 4.98 Å². The molecule has 4 heterocycles. The minimum Gasteiger partial charge on any atom is -0.303 e. The van der Waals surface area contributed by atoms with Crippen molar-refractivity contribution in [2.75, 3.05) is 6.54 Å². The second-order valence-electron chi connectivity index (χ2n) is 6.45. The summed E-state index contributed by atoms with van der Waals surface area (Å²) in [5.74, 6) is -1.24. The zero-order valence-corrected chi connectivity index (χ0v) is 16.0. The van der Waals surface area contributed by atoms with Gasteiger partial charge in [0.05, 0.1) is 26.2 Å². The summed E-state index contributed by atoms with van der Waals surface area (Å²) in [5, 5.41) is 0. The van der Waals surface area contributed by atoms with Crippen LogP contribution in [0.3, 0.4) is 0 Å². The maximum atomic E-state index is 12.8. The number of rotatable bonds is 3. The lowest BCUT2D eigenvalue weighted by atomic mass is 10.1. The number of thiophene rings is 1. The molecule has 4 rings (SSSR count). The van der Waals surface area contributed by atoms with Crippen molar-refractivity contribution in [1.82, 2.24) is 19.9 Å². The summed E-state index contributed by atoms with van der Waals surface area (Å²) in [5.41, 5.74) is 1.55. The van der Waals surface area contributed by atoms with E-state index in [2.05, 4.69) is 9.97 Å². The van der Waals surface area contributed by atoms with Crippen LogP contribution in [0, 0.1) is 0 Å². The molecule has 0 bridgehead atoms. The van der Waals surface area contributed by atoms with E-state index in [1.54, 1.807) is 6.20 Å². The highest BCUT2D eigenvalue weighted by Gasteiger charge is 2.35. The molecule has 1 aliphatic heterocycles. The second-order valence-corrected chi connectivity index (χ2v) is 8.17. The molecular weight excluding hydrogens is 413 g/mol. The van der Waals surface area contributed by atoms with Crippen LogP contribution in [0.15, 0.2) is 35.3 Å². The van der Waals surface area contributed by atoms with Crippen molar-refractivity contribution < 1.29 is 13.2 Å². The fourth-order valence-corrected chi connectivity index (χ4v) is 4.14. The smallest absolute Gasteiger partial charge is 0.303 e. The normalized spacial score (nSPS) is 14.9. The van der Waals surface area contributed by atoms with E-state index >= 15 is 0 Å². The van der Waals surface area contributed by atoms with Gasteiger partial charge in [0, 0.05) is 32.3 Å². The molecule has 0 saturated heterocycles. The molecule has 0 saturated carbocycles. The lowest BCUT2D eigenvalue weighted by Gasteiger charge is -2.27. The molecule has 0 spiro atoms. The Labute approximate surface area is 166 Å². The van der Waals surface area contributed by atoms with E-state index in [0.717, 1.165) is 16.1 Å². The number of halogens is 4. The number of aromatic amines is 1. The van der Waals surface area contributed by atoms with Gasteiger partial charge >= 0.3 is 6.18 Å². The van der Waals surface area contributed by atoms with Gasteiger partial charge in [-0.1, -0.05) is 17.7 Å². The van der Waals surface area contributed by atoms with Crippen LogP contribution in [-0.2, 0) is 25.7 Å². The number of fused-ring (bicyclic) bond motifs is 1. The van der Waals surface area contributed by atoms with Gasteiger partial charge in [-0.05, 0) is 23.8 Å². The topological polar surface area (TPSA) is 61.9 Å². The molecule has 10 heteroatoms. The molecule has 0 aromatic carbocycles. The number of alkyl halides is 3. The Bertz CT molecular complexity index is 1060. The highest BCUT2D eigenvalue weighted by molar-refractivity contribution is 7.19. The summed E-state index contributed by atoms with van der Waals surface area (Å²) in [6, 6.07) is 7.57. The SMILES string of the molecule is O=c1[nH]c(C(F)(F)F)nc2c1CN(Cc1ccc(-c3ccc(Cl)s3)nc1)CC2. The van der Waals surface area contributed by atoms with E-state index in [1.165, 1.54) is 11.3 Å². The molecule has 0 fully saturated rings. The van der Waals surface area contributed by atoms with E-state index in [-0.39, 0.29) is 17.8 Å². The van der Waals surface area contributed by atoms with E-state index < -0.39 is 17.6 Å². The molecule has 1 aliphatic rings. The maximum Gasteiger partial charge on any atom is 0.449 e. The highest BCUT2D eigenvalue weighted by atomic mass is 35.5. The van der Waals surface area contributed by atoms with Crippen molar-refractivity contribution in [2.45, 2.75) is 25.7 Å². The van der Waals surface area contributed by atoms with Crippen molar-refractivity contribution in [3.05, 3.63) is 67.8 Å². The van der Waals surface area contributed by atoms with Crippen LogP contribution in [0.1, 0.15) is 22.6 Å².